The highest BCUT2D eigenvalue weighted by atomic mass is 35.5. The van der Waals surface area contributed by atoms with Crippen LogP contribution in [0.1, 0.15) is 15.9 Å². The summed E-state index contributed by atoms with van der Waals surface area (Å²) in [5, 5.41) is 0.946. The molecule has 0 bridgehead atoms. The summed E-state index contributed by atoms with van der Waals surface area (Å²) in [5.74, 6) is -0.0789. The second kappa shape index (κ2) is 7.57. The zero-order chi connectivity index (χ0) is 17.0. The van der Waals surface area contributed by atoms with E-state index >= 15 is 0 Å². The molecule has 8 heteroatoms. The zero-order valence-corrected chi connectivity index (χ0v) is 15.2. The van der Waals surface area contributed by atoms with Gasteiger partial charge >= 0.3 is 0 Å². The average molecular weight is 390 g/mol. The molecule has 1 amide bonds. The van der Waals surface area contributed by atoms with Gasteiger partial charge in [0.15, 0.2) is 0 Å². The smallest absolute Gasteiger partial charge is 0.265 e. The second-order valence-corrected chi connectivity index (χ2v) is 8.32. The number of amides is 1. The quantitative estimate of drug-likeness (QED) is 0.785. The number of sulfonamides is 1. The summed E-state index contributed by atoms with van der Waals surface area (Å²) >= 11 is 13.3. The van der Waals surface area contributed by atoms with Gasteiger partial charge in [-0.25, -0.2) is 13.1 Å². The fraction of sp³-hybridized carbons (Fsp3) is 0.133. The van der Waals surface area contributed by atoms with Crippen LogP contribution in [0.4, 0.5) is 0 Å². The first kappa shape index (κ1) is 18.1. The molecule has 2 rings (SSSR count). The van der Waals surface area contributed by atoms with E-state index in [0.717, 1.165) is 11.8 Å². The van der Waals surface area contributed by atoms with E-state index in [0.29, 0.717) is 26.3 Å². The molecule has 0 aliphatic carbocycles. The Labute approximate surface area is 149 Å². The summed E-state index contributed by atoms with van der Waals surface area (Å²) in [7, 11) is -3.61. The van der Waals surface area contributed by atoms with Crippen molar-refractivity contribution in [3.8, 4) is 0 Å². The lowest BCUT2D eigenvalue weighted by molar-refractivity contribution is 0.0979. The van der Waals surface area contributed by atoms with E-state index in [9.17, 15) is 13.2 Å². The molecule has 23 heavy (non-hydrogen) atoms. The third-order valence-electron chi connectivity index (χ3n) is 2.79. The molecule has 2 aromatic carbocycles. The first-order valence-electron chi connectivity index (χ1n) is 6.44. The molecule has 0 aliphatic heterocycles. The van der Waals surface area contributed by atoms with Gasteiger partial charge in [0.2, 0.25) is 10.0 Å². The molecule has 1 N–H and O–H groups in total. The van der Waals surface area contributed by atoms with Gasteiger partial charge in [-0.05, 0) is 29.8 Å². The Kier molecular flexibility index (Phi) is 5.97. The first-order chi connectivity index (χ1) is 10.8. The molecule has 0 fully saturated rings. The van der Waals surface area contributed by atoms with Crippen molar-refractivity contribution in [1.82, 2.24) is 4.72 Å². The number of nitrogens with one attached hydrogen (secondary N) is 1. The molecule has 0 unspecified atom stereocenters. The molecule has 0 atom stereocenters. The molecule has 0 aromatic heterocycles. The van der Waals surface area contributed by atoms with Crippen LogP contribution in [-0.2, 0) is 15.8 Å². The normalized spacial score (nSPS) is 11.3. The molecular formula is C15H13Cl2NO3S2. The SMILES string of the molecule is CS(=O)(=O)NC(=O)c1ccccc1SCc1ccc(Cl)c(Cl)c1. The lowest BCUT2D eigenvalue weighted by Crippen LogP contribution is -2.29. The van der Waals surface area contributed by atoms with Gasteiger partial charge in [-0.3, -0.25) is 4.79 Å². The highest BCUT2D eigenvalue weighted by Crippen LogP contribution is 2.29. The van der Waals surface area contributed by atoms with Gasteiger partial charge in [-0.15, -0.1) is 11.8 Å². The maximum atomic E-state index is 12.0. The number of carbonyl (C=O) groups is 1. The van der Waals surface area contributed by atoms with Crippen molar-refractivity contribution < 1.29 is 13.2 Å². The first-order valence-corrected chi connectivity index (χ1v) is 10.1. The van der Waals surface area contributed by atoms with E-state index in [4.69, 9.17) is 23.2 Å². The molecule has 0 spiro atoms. The van der Waals surface area contributed by atoms with Gasteiger partial charge in [0.25, 0.3) is 5.91 Å². The van der Waals surface area contributed by atoms with Crippen molar-refractivity contribution in [2.24, 2.45) is 0 Å². The van der Waals surface area contributed by atoms with E-state index < -0.39 is 15.9 Å². The predicted octanol–water partition coefficient (Wildman–Crippen LogP) is 3.98. The van der Waals surface area contributed by atoms with Gasteiger partial charge in [0.05, 0.1) is 21.9 Å². The Hall–Kier alpha value is -1.21. The van der Waals surface area contributed by atoms with Crippen LogP contribution in [0.3, 0.4) is 0 Å². The topological polar surface area (TPSA) is 63.2 Å². The van der Waals surface area contributed by atoms with E-state index in [1.165, 1.54) is 11.8 Å². The van der Waals surface area contributed by atoms with Crippen LogP contribution in [0.2, 0.25) is 10.0 Å². The van der Waals surface area contributed by atoms with Crippen LogP contribution < -0.4 is 4.72 Å². The molecule has 0 saturated carbocycles. The zero-order valence-electron chi connectivity index (χ0n) is 12.0. The van der Waals surface area contributed by atoms with E-state index in [2.05, 4.69) is 0 Å². The fourth-order valence-electron chi connectivity index (χ4n) is 1.79. The molecule has 0 saturated heterocycles. The molecular weight excluding hydrogens is 377 g/mol. The van der Waals surface area contributed by atoms with Crippen molar-refractivity contribution in [1.29, 1.82) is 0 Å². The van der Waals surface area contributed by atoms with E-state index in [1.54, 1.807) is 36.4 Å². The van der Waals surface area contributed by atoms with Crippen molar-refractivity contribution in [3.63, 3.8) is 0 Å². The Morgan fingerprint density at radius 3 is 2.48 bits per heavy atom. The number of halogens is 2. The molecule has 0 aliphatic rings. The van der Waals surface area contributed by atoms with Crippen LogP contribution in [0, 0.1) is 0 Å². The number of benzene rings is 2. The Morgan fingerprint density at radius 2 is 1.83 bits per heavy atom. The average Bonchev–Trinajstić information content (AvgIpc) is 2.47. The van der Waals surface area contributed by atoms with Crippen LogP contribution >= 0.6 is 35.0 Å². The van der Waals surface area contributed by atoms with Gasteiger partial charge < -0.3 is 0 Å². The highest BCUT2D eigenvalue weighted by molar-refractivity contribution is 7.98. The monoisotopic (exact) mass is 389 g/mol. The Bertz CT molecular complexity index is 838. The van der Waals surface area contributed by atoms with Crippen molar-refractivity contribution in [2.45, 2.75) is 10.6 Å². The lowest BCUT2D eigenvalue weighted by Gasteiger charge is -2.09. The van der Waals surface area contributed by atoms with Crippen LogP contribution in [0.15, 0.2) is 47.4 Å². The maximum Gasteiger partial charge on any atom is 0.265 e. The molecule has 0 heterocycles. The van der Waals surface area contributed by atoms with Crippen molar-refractivity contribution in [2.75, 3.05) is 6.26 Å². The summed E-state index contributed by atoms with van der Waals surface area (Å²) in [6, 6.07) is 12.1. The Morgan fingerprint density at radius 1 is 1.13 bits per heavy atom. The van der Waals surface area contributed by atoms with E-state index in [1.807, 2.05) is 10.8 Å². The third kappa shape index (κ3) is 5.42. The van der Waals surface area contributed by atoms with Gasteiger partial charge in [0.1, 0.15) is 0 Å². The second-order valence-electron chi connectivity index (χ2n) is 4.74. The minimum Gasteiger partial charge on any atom is -0.268 e. The van der Waals surface area contributed by atoms with Crippen LogP contribution in [0.5, 0.6) is 0 Å². The number of hydrogen-bond acceptors (Lipinski definition) is 4. The highest BCUT2D eigenvalue weighted by Gasteiger charge is 2.15. The molecule has 122 valence electrons. The number of rotatable bonds is 5. The van der Waals surface area contributed by atoms with Crippen LogP contribution in [-0.4, -0.2) is 20.6 Å². The van der Waals surface area contributed by atoms with Gasteiger partial charge in [-0.1, -0.05) is 41.4 Å². The number of hydrogen-bond donors (Lipinski definition) is 1. The third-order valence-corrected chi connectivity index (χ3v) is 5.23. The molecule has 2 aromatic rings. The van der Waals surface area contributed by atoms with Crippen LogP contribution in [0.25, 0.3) is 0 Å². The summed E-state index contributed by atoms with van der Waals surface area (Å²) in [4.78, 5) is 12.7. The number of thioether (sulfide) groups is 1. The minimum absolute atomic E-state index is 0.308. The van der Waals surface area contributed by atoms with Gasteiger partial charge in [-0.2, -0.15) is 0 Å². The fourth-order valence-corrected chi connectivity index (χ4v) is 3.55. The largest absolute Gasteiger partial charge is 0.268 e. The summed E-state index contributed by atoms with van der Waals surface area (Å²) in [5.41, 5.74) is 1.26. The summed E-state index contributed by atoms with van der Waals surface area (Å²) in [6.45, 7) is 0. The van der Waals surface area contributed by atoms with E-state index in [-0.39, 0.29) is 0 Å². The Balaban J connectivity index is 2.17. The minimum atomic E-state index is -3.61. The van der Waals surface area contributed by atoms with Crippen molar-refractivity contribution in [3.05, 3.63) is 63.6 Å². The lowest BCUT2D eigenvalue weighted by atomic mass is 10.2. The van der Waals surface area contributed by atoms with Crippen molar-refractivity contribution >= 4 is 50.9 Å². The maximum absolute atomic E-state index is 12.0. The number of carbonyl (C=O) groups excluding carboxylic acids is 1. The summed E-state index contributed by atoms with van der Waals surface area (Å²) in [6.07, 6.45) is 0.941. The standard InChI is InChI=1S/C15H13Cl2NO3S2/c1-23(20,21)18-15(19)11-4-2-3-5-14(11)22-9-10-6-7-12(16)13(17)8-10/h2-8H,9H2,1H3,(H,18,19). The summed E-state index contributed by atoms with van der Waals surface area (Å²) < 4.78 is 24.4. The van der Waals surface area contributed by atoms with Gasteiger partial charge in [0, 0.05) is 10.6 Å². The predicted molar refractivity (Wildman–Crippen MR) is 94.8 cm³/mol. The molecule has 0 radical (unpaired) electrons. The molecule has 4 nitrogen and oxygen atoms in total.